The van der Waals surface area contributed by atoms with Crippen LogP contribution >= 0.6 is 12.4 Å². The summed E-state index contributed by atoms with van der Waals surface area (Å²) in [5.74, 6) is 0. The highest BCUT2D eigenvalue weighted by Gasteiger charge is 2.34. The van der Waals surface area contributed by atoms with Crippen molar-refractivity contribution in [1.82, 2.24) is 14.3 Å². The molecular formula is C12H26ClN3O4S. The first kappa shape index (κ1) is 19.1. The summed E-state index contributed by atoms with van der Waals surface area (Å²) in [4.78, 5) is 0. The van der Waals surface area contributed by atoms with Crippen LogP contribution in [0.25, 0.3) is 0 Å². The van der Waals surface area contributed by atoms with E-state index in [1.54, 1.807) is 7.11 Å². The molecule has 2 aliphatic heterocycles. The Hall–Kier alpha value is 0.0400. The molecule has 9 heteroatoms. The highest BCUT2D eigenvalue weighted by Crippen LogP contribution is 2.28. The fourth-order valence-corrected chi connectivity index (χ4v) is 4.06. The first-order chi connectivity index (χ1) is 9.58. The number of nitrogens with zero attached hydrogens (tertiary/aromatic N) is 1. The monoisotopic (exact) mass is 343 g/mol. The highest BCUT2D eigenvalue weighted by atomic mass is 35.5. The van der Waals surface area contributed by atoms with Gasteiger partial charge in [0.2, 0.25) is 0 Å². The van der Waals surface area contributed by atoms with Crippen LogP contribution in [0.2, 0.25) is 0 Å². The highest BCUT2D eigenvalue weighted by molar-refractivity contribution is 7.87. The third kappa shape index (κ3) is 5.31. The Labute approximate surface area is 133 Å². The van der Waals surface area contributed by atoms with Gasteiger partial charge in [0.15, 0.2) is 0 Å². The zero-order valence-corrected chi connectivity index (χ0v) is 14.1. The van der Waals surface area contributed by atoms with Gasteiger partial charge in [-0.25, -0.2) is 4.72 Å². The number of morpholine rings is 1. The molecule has 21 heavy (non-hydrogen) atoms. The number of ether oxygens (including phenoxy) is 2. The Morgan fingerprint density at radius 3 is 2.48 bits per heavy atom. The van der Waals surface area contributed by atoms with E-state index in [-0.39, 0.29) is 17.8 Å². The van der Waals surface area contributed by atoms with Gasteiger partial charge in [-0.1, -0.05) is 0 Å². The number of piperidine rings is 1. The minimum absolute atomic E-state index is 0. The summed E-state index contributed by atoms with van der Waals surface area (Å²) in [5, 5.41) is 3.30. The van der Waals surface area contributed by atoms with Crippen LogP contribution in [-0.4, -0.2) is 72.4 Å². The minimum Gasteiger partial charge on any atom is -0.384 e. The molecule has 2 N–H and O–H groups in total. The molecule has 0 aromatic rings. The van der Waals surface area contributed by atoms with Crippen molar-refractivity contribution in [3.8, 4) is 0 Å². The number of nitrogens with one attached hydrogen (secondary N) is 2. The number of hydrogen-bond acceptors (Lipinski definition) is 5. The lowest BCUT2D eigenvalue weighted by molar-refractivity contribution is 0.0556. The van der Waals surface area contributed by atoms with Crippen LogP contribution in [0.4, 0.5) is 0 Å². The molecular weight excluding hydrogens is 318 g/mol. The molecule has 126 valence electrons. The Morgan fingerprint density at radius 2 is 1.90 bits per heavy atom. The summed E-state index contributed by atoms with van der Waals surface area (Å²) >= 11 is 0. The largest absolute Gasteiger partial charge is 0.384 e. The van der Waals surface area contributed by atoms with Gasteiger partial charge in [-0.3, -0.25) is 0 Å². The maximum atomic E-state index is 12.3. The molecule has 0 aliphatic carbocycles. The molecule has 2 fully saturated rings. The van der Waals surface area contributed by atoms with Crippen LogP contribution in [0.15, 0.2) is 0 Å². The average molecular weight is 344 g/mol. The fraction of sp³-hybridized carbons (Fsp3) is 1.00. The van der Waals surface area contributed by atoms with Gasteiger partial charge in [0.25, 0.3) is 10.2 Å². The van der Waals surface area contributed by atoms with Crippen LogP contribution in [0.3, 0.4) is 0 Å². The topological polar surface area (TPSA) is 79.9 Å². The van der Waals surface area contributed by atoms with E-state index >= 15 is 0 Å². The van der Waals surface area contributed by atoms with E-state index in [1.165, 1.54) is 4.31 Å². The Bertz CT molecular complexity index is 390. The summed E-state index contributed by atoms with van der Waals surface area (Å²) in [6.07, 6.45) is 1.85. The van der Waals surface area contributed by atoms with Crippen molar-refractivity contribution >= 4 is 22.6 Å². The van der Waals surface area contributed by atoms with Gasteiger partial charge in [0.05, 0.1) is 19.8 Å². The fourth-order valence-electron chi connectivity index (χ4n) is 2.76. The second-order valence-corrected chi connectivity index (χ2v) is 7.28. The van der Waals surface area contributed by atoms with Gasteiger partial charge in [0.1, 0.15) is 0 Å². The smallest absolute Gasteiger partial charge is 0.279 e. The van der Waals surface area contributed by atoms with Crippen molar-refractivity contribution < 1.29 is 17.9 Å². The van der Waals surface area contributed by atoms with E-state index in [1.807, 2.05) is 0 Å². The predicted molar refractivity (Wildman–Crippen MR) is 83.0 cm³/mol. The van der Waals surface area contributed by atoms with Gasteiger partial charge in [0, 0.05) is 32.2 Å². The van der Waals surface area contributed by atoms with Gasteiger partial charge in [-0.05, 0) is 25.9 Å². The molecule has 0 atom stereocenters. The van der Waals surface area contributed by atoms with Crippen LogP contribution in [0.5, 0.6) is 0 Å². The SMILES string of the molecule is COCC1(CNS(=O)(=O)N2CCOCC2)CCNCC1.Cl. The van der Waals surface area contributed by atoms with Crippen molar-refractivity contribution in [2.24, 2.45) is 5.41 Å². The summed E-state index contributed by atoms with van der Waals surface area (Å²) in [7, 11) is -1.74. The molecule has 0 aromatic heterocycles. The number of methoxy groups -OCH3 is 1. The molecule has 2 rings (SSSR count). The van der Waals surface area contributed by atoms with Crippen LogP contribution in [-0.2, 0) is 19.7 Å². The molecule has 0 radical (unpaired) electrons. The lowest BCUT2D eigenvalue weighted by Crippen LogP contribution is -2.52. The number of halogens is 1. The zero-order chi connectivity index (χ0) is 14.5. The zero-order valence-electron chi connectivity index (χ0n) is 12.5. The maximum absolute atomic E-state index is 12.3. The molecule has 2 aliphatic rings. The lowest BCUT2D eigenvalue weighted by atomic mass is 9.80. The van der Waals surface area contributed by atoms with Gasteiger partial charge >= 0.3 is 0 Å². The van der Waals surface area contributed by atoms with Crippen molar-refractivity contribution in [2.45, 2.75) is 12.8 Å². The third-order valence-corrected chi connectivity index (χ3v) is 5.61. The Kier molecular flexibility index (Phi) is 7.83. The standard InChI is InChI=1S/C12H25N3O4S.ClH/c1-18-11-12(2-4-13-5-3-12)10-14-20(16,17)15-6-8-19-9-7-15;/h13-14H,2-11H2,1H3;1H. The van der Waals surface area contributed by atoms with Gasteiger partial charge in [-0.2, -0.15) is 12.7 Å². The van der Waals surface area contributed by atoms with Crippen LogP contribution in [0, 0.1) is 5.41 Å². The normalized spacial score (nSPS) is 23.5. The van der Waals surface area contributed by atoms with E-state index < -0.39 is 10.2 Å². The summed E-state index contributed by atoms with van der Waals surface area (Å²) < 4.78 is 39.3. The number of hydrogen-bond donors (Lipinski definition) is 2. The summed E-state index contributed by atoms with van der Waals surface area (Å²) in [6.45, 7) is 4.61. The second-order valence-electron chi connectivity index (χ2n) is 5.52. The summed E-state index contributed by atoms with van der Waals surface area (Å²) in [6, 6.07) is 0. The quantitative estimate of drug-likeness (QED) is 0.685. The van der Waals surface area contributed by atoms with Gasteiger partial charge in [-0.15, -0.1) is 12.4 Å². The van der Waals surface area contributed by atoms with E-state index in [9.17, 15) is 8.42 Å². The summed E-state index contributed by atoms with van der Waals surface area (Å²) in [5.41, 5.74) is -0.0979. The second kappa shape index (κ2) is 8.61. The first-order valence-electron chi connectivity index (χ1n) is 7.10. The Morgan fingerprint density at radius 1 is 1.29 bits per heavy atom. The molecule has 2 saturated heterocycles. The minimum atomic E-state index is -3.41. The van der Waals surface area contributed by atoms with Crippen LogP contribution < -0.4 is 10.0 Å². The molecule has 0 bridgehead atoms. The molecule has 0 saturated carbocycles. The molecule has 0 amide bonds. The Balaban J connectivity index is 0.00000220. The van der Waals surface area contributed by atoms with Crippen LogP contribution in [0.1, 0.15) is 12.8 Å². The molecule has 0 unspecified atom stereocenters. The van der Waals surface area contributed by atoms with E-state index in [0.29, 0.717) is 39.5 Å². The lowest BCUT2D eigenvalue weighted by Gasteiger charge is -2.37. The van der Waals surface area contributed by atoms with Crippen molar-refractivity contribution in [1.29, 1.82) is 0 Å². The third-order valence-electron chi connectivity index (χ3n) is 4.05. The maximum Gasteiger partial charge on any atom is 0.279 e. The average Bonchev–Trinajstić information content (AvgIpc) is 2.48. The molecule has 0 spiro atoms. The molecule has 7 nitrogen and oxygen atoms in total. The van der Waals surface area contributed by atoms with E-state index in [2.05, 4.69) is 10.0 Å². The van der Waals surface area contributed by atoms with E-state index in [0.717, 1.165) is 25.9 Å². The van der Waals surface area contributed by atoms with Gasteiger partial charge < -0.3 is 14.8 Å². The number of rotatable bonds is 6. The van der Waals surface area contributed by atoms with Crippen molar-refractivity contribution in [3.05, 3.63) is 0 Å². The molecule has 2 heterocycles. The van der Waals surface area contributed by atoms with Crippen molar-refractivity contribution in [3.63, 3.8) is 0 Å². The van der Waals surface area contributed by atoms with E-state index in [4.69, 9.17) is 9.47 Å². The molecule has 0 aromatic carbocycles. The predicted octanol–water partition coefficient (Wildman–Crippen LogP) is -0.409. The first-order valence-corrected chi connectivity index (χ1v) is 8.54. The van der Waals surface area contributed by atoms with Crippen molar-refractivity contribution in [2.75, 3.05) is 59.7 Å².